The molecular formula is C23H22F6N2O6. The number of carbonyl (C=O) groups is 2. The molecule has 3 rings (SSSR count). The average molecular weight is 536 g/mol. The highest BCUT2D eigenvalue weighted by Crippen LogP contribution is 2.52. The molecule has 1 fully saturated rings. The van der Waals surface area contributed by atoms with Gasteiger partial charge in [-0.3, -0.25) is 10.6 Å². The molecule has 0 aliphatic carbocycles. The Bertz CT molecular complexity index is 981. The molecule has 0 spiro atoms. The van der Waals surface area contributed by atoms with Gasteiger partial charge in [0.1, 0.15) is 24.4 Å². The van der Waals surface area contributed by atoms with E-state index < -0.39 is 54.7 Å². The molecule has 8 nitrogen and oxygen atoms in total. The Morgan fingerprint density at radius 3 is 1.35 bits per heavy atom. The number of halogens is 6. The molecule has 0 radical (unpaired) electrons. The SMILES string of the molecule is CC(OC(=O)Nc1ccccc1)C1OC(C(F)(F)F)(C(F)(F)F)OC1C(C)OC(=O)Nc1ccccc1. The van der Waals surface area contributed by atoms with E-state index in [0.717, 1.165) is 13.8 Å². The van der Waals surface area contributed by atoms with Gasteiger partial charge in [-0.15, -0.1) is 0 Å². The quantitative estimate of drug-likeness (QED) is 0.449. The van der Waals surface area contributed by atoms with Gasteiger partial charge in [-0.2, -0.15) is 26.3 Å². The van der Waals surface area contributed by atoms with E-state index in [4.69, 9.17) is 9.47 Å². The molecule has 2 amide bonds. The van der Waals surface area contributed by atoms with Gasteiger partial charge in [0.05, 0.1) is 0 Å². The molecule has 1 heterocycles. The number of ether oxygens (including phenoxy) is 4. The molecule has 37 heavy (non-hydrogen) atoms. The third kappa shape index (κ3) is 6.43. The first-order chi connectivity index (χ1) is 17.2. The van der Waals surface area contributed by atoms with Crippen LogP contribution >= 0.6 is 0 Å². The fourth-order valence-electron chi connectivity index (χ4n) is 3.51. The smallest absolute Gasteiger partial charge is 0.443 e. The van der Waals surface area contributed by atoms with Crippen molar-refractivity contribution in [3.05, 3.63) is 60.7 Å². The van der Waals surface area contributed by atoms with Crippen molar-refractivity contribution in [3.8, 4) is 0 Å². The standard InChI is InChI=1S/C23H22F6N2O6/c1-13(34-19(32)30-15-9-5-3-6-10-15)17-18(37-21(36-17,22(24,25)26)23(27,28)29)14(2)35-20(33)31-16-11-7-4-8-12-16/h3-14,17-18H,1-2H3,(H,30,32)(H,31,33). The number of amides is 2. The zero-order valence-corrected chi connectivity index (χ0v) is 19.3. The maximum atomic E-state index is 13.7. The van der Waals surface area contributed by atoms with Crippen molar-refractivity contribution in [2.75, 3.05) is 10.6 Å². The lowest BCUT2D eigenvalue weighted by Crippen LogP contribution is -2.58. The van der Waals surface area contributed by atoms with Crippen LogP contribution in [0.1, 0.15) is 13.8 Å². The summed E-state index contributed by atoms with van der Waals surface area (Å²) in [7, 11) is 0. The van der Waals surface area contributed by atoms with Crippen molar-refractivity contribution in [1.82, 2.24) is 0 Å². The topological polar surface area (TPSA) is 95.1 Å². The second-order valence-corrected chi connectivity index (χ2v) is 7.98. The summed E-state index contributed by atoms with van der Waals surface area (Å²) in [6, 6.07) is 15.5. The second kappa shape index (κ2) is 10.8. The van der Waals surface area contributed by atoms with Crippen molar-refractivity contribution >= 4 is 23.6 Å². The van der Waals surface area contributed by atoms with Crippen LogP contribution in [0.3, 0.4) is 0 Å². The number of nitrogens with one attached hydrogen (secondary N) is 2. The Morgan fingerprint density at radius 1 is 0.730 bits per heavy atom. The van der Waals surface area contributed by atoms with Crippen LogP contribution in [0.15, 0.2) is 60.7 Å². The van der Waals surface area contributed by atoms with E-state index >= 15 is 0 Å². The van der Waals surface area contributed by atoms with E-state index in [-0.39, 0.29) is 11.4 Å². The van der Waals surface area contributed by atoms with Crippen molar-refractivity contribution in [3.63, 3.8) is 0 Å². The third-order valence-corrected chi connectivity index (χ3v) is 5.23. The zero-order valence-electron chi connectivity index (χ0n) is 19.3. The number of para-hydroxylation sites is 2. The monoisotopic (exact) mass is 536 g/mol. The molecule has 2 aromatic carbocycles. The molecule has 4 unspecified atom stereocenters. The Labute approximate surface area is 206 Å². The van der Waals surface area contributed by atoms with Crippen LogP contribution < -0.4 is 10.6 Å². The first-order valence-electron chi connectivity index (χ1n) is 10.8. The number of alkyl halides is 6. The largest absolute Gasteiger partial charge is 0.453 e. The van der Waals surface area contributed by atoms with Gasteiger partial charge in [-0.1, -0.05) is 36.4 Å². The van der Waals surface area contributed by atoms with Crippen LogP contribution in [-0.2, 0) is 18.9 Å². The van der Waals surface area contributed by atoms with Crippen LogP contribution in [0.5, 0.6) is 0 Å². The zero-order chi connectivity index (χ0) is 27.4. The van der Waals surface area contributed by atoms with E-state index in [0.29, 0.717) is 0 Å². The van der Waals surface area contributed by atoms with E-state index in [1.165, 1.54) is 24.3 Å². The Morgan fingerprint density at radius 2 is 1.05 bits per heavy atom. The molecule has 1 saturated heterocycles. The highest BCUT2D eigenvalue weighted by Gasteiger charge is 2.79. The van der Waals surface area contributed by atoms with Gasteiger partial charge in [0.15, 0.2) is 0 Å². The number of rotatable bonds is 6. The van der Waals surface area contributed by atoms with Crippen LogP contribution in [0, 0.1) is 0 Å². The summed E-state index contributed by atoms with van der Waals surface area (Å²) in [6.07, 6.45) is -22.2. The summed E-state index contributed by atoms with van der Waals surface area (Å²) in [5.74, 6) is -5.05. The van der Waals surface area contributed by atoms with Crippen molar-refractivity contribution in [2.45, 2.75) is 56.4 Å². The number of benzene rings is 2. The maximum absolute atomic E-state index is 13.7. The minimum atomic E-state index is -6.07. The first kappa shape index (κ1) is 28.1. The molecule has 0 saturated carbocycles. The van der Waals surface area contributed by atoms with Gasteiger partial charge in [-0.05, 0) is 38.1 Å². The summed E-state index contributed by atoms with van der Waals surface area (Å²) in [4.78, 5) is 24.4. The lowest BCUT2D eigenvalue weighted by molar-refractivity contribution is -0.447. The van der Waals surface area contributed by atoms with Crippen LogP contribution in [0.25, 0.3) is 0 Å². The Hall–Kier alpha value is -3.52. The van der Waals surface area contributed by atoms with Gasteiger partial charge in [0.2, 0.25) is 0 Å². The summed E-state index contributed by atoms with van der Waals surface area (Å²) < 4.78 is 101. The molecule has 2 N–H and O–H groups in total. The van der Waals surface area contributed by atoms with Gasteiger partial charge >= 0.3 is 30.3 Å². The number of carbonyl (C=O) groups excluding carboxylic acids is 2. The average Bonchev–Trinajstić information content (AvgIpc) is 3.23. The first-order valence-corrected chi connectivity index (χ1v) is 10.8. The molecule has 0 aromatic heterocycles. The minimum Gasteiger partial charge on any atom is -0.443 e. The minimum absolute atomic E-state index is 0.258. The van der Waals surface area contributed by atoms with Crippen molar-refractivity contribution < 1.29 is 54.9 Å². The summed E-state index contributed by atoms with van der Waals surface area (Å²) in [5, 5.41) is 4.57. The van der Waals surface area contributed by atoms with Crippen molar-refractivity contribution in [2.24, 2.45) is 0 Å². The Kier molecular flexibility index (Phi) is 8.22. The predicted molar refractivity (Wildman–Crippen MR) is 117 cm³/mol. The second-order valence-electron chi connectivity index (χ2n) is 7.98. The van der Waals surface area contributed by atoms with Crippen molar-refractivity contribution in [1.29, 1.82) is 0 Å². The van der Waals surface area contributed by atoms with Gasteiger partial charge in [0.25, 0.3) is 0 Å². The fourth-order valence-corrected chi connectivity index (χ4v) is 3.51. The lowest BCUT2D eigenvalue weighted by atomic mass is 10.1. The van der Waals surface area contributed by atoms with E-state index in [2.05, 4.69) is 20.1 Å². The molecule has 2 aromatic rings. The van der Waals surface area contributed by atoms with Crippen LogP contribution in [0.2, 0.25) is 0 Å². The molecule has 4 atom stereocenters. The van der Waals surface area contributed by atoms with E-state index in [1.54, 1.807) is 36.4 Å². The normalized spacial score (nSPS) is 21.0. The molecule has 14 heteroatoms. The molecule has 1 aliphatic rings. The van der Waals surface area contributed by atoms with Crippen LogP contribution in [0.4, 0.5) is 47.3 Å². The maximum Gasteiger partial charge on any atom is 0.453 e. The molecule has 202 valence electrons. The lowest BCUT2D eigenvalue weighted by Gasteiger charge is -2.32. The van der Waals surface area contributed by atoms with E-state index in [9.17, 15) is 35.9 Å². The number of anilines is 2. The highest BCUT2D eigenvalue weighted by atomic mass is 19.4. The van der Waals surface area contributed by atoms with Gasteiger partial charge < -0.3 is 18.9 Å². The summed E-state index contributed by atoms with van der Waals surface area (Å²) >= 11 is 0. The molecular weight excluding hydrogens is 514 g/mol. The number of hydrogen-bond acceptors (Lipinski definition) is 6. The number of hydrogen-bond donors (Lipinski definition) is 2. The molecule has 0 bridgehead atoms. The Balaban J connectivity index is 1.82. The van der Waals surface area contributed by atoms with Gasteiger partial charge in [0, 0.05) is 11.4 Å². The fraction of sp³-hybridized carbons (Fsp3) is 0.391. The highest BCUT2D eigenvalue weighted by molar-refractivity contribution is 5.85. The summed E-state index contributed by atoms with van der Waals surface area (Å²) in [6.45, 7) is 2.04. The predicted octanol–water partition coefficient (Wildman–Crippen LogP) is 5.87. The van der Waals surface area contributed by atoms with E-state index in [1.807, 2.05) is 0 Å². The third-order valence-electron chi connectivity index (χ3n) is 5.23. The molecule has 1 aliphatic heterocycles. The summed E-state index contributed by atoms with van der Waals surface area (Å²) in [5.41, 5.74) is 0.517. The van der Waals surface area contributed by atoms with Gasteiger partial charge in [-0.25, -0.2) is 9.59 Å². The van der Waals surface area contributed by atoms with Crippen LogP contribution in [-0.4, -0.2) is 54.7 Å².